The third-order valence-electron chi connectivity index (χ3n) is 1.23. The summed E-state index contributed by atoms with van der Waals surface area (Å²) in [7, 11) is -1.63. The van der Waals surface area contributed by atoms with Crippen molar-refractivity contribution in [2.45, 2.75) is 0 Å². The van der Waals surface area contributed by atoms with Crippen LogP contribution in [0, 0.1) is 11.9 Å². The largest absolute Gasteiger partial charge is 0.257 e. The van der Waals surface area contributed by atoms with Crippen LogP contribution in [0.15, 0.2) is 12.3 Å². The van der Waals surface area contributed by atoms with Crippen LogP contribution in [0.5, 0.6) is 0 Å². The number of rotatable bonds is 2. The van der Waals surface area contributed by atoms with Crippen LogP contribution < -0.4 is 4.31 Å². The molecule has 0 saturated carbocycles. The second-order valence-corrected chi connectivity index (χ2v) is 3.06. The smallest absolute Gasteiger partial charge is 0.226 e. The molecule has 0 aliphatic carbocycles. The van der Waals surface area contributed by atoms with Crippen molar-refractivity contribution in [3.05, 3.63) is 24.1 Å². The molecule has 6 heteroatoms. The minimum atomic E-state index is -2.84. The predicted molar refractivity (Wildman–Crippen MR) is 41.7 cm³/mol. The van der Waals surface area contributed by atoms with E-state index in [1.807, 2.05) is 0 Å². The minimum absolute atomic E-state index is 0.242. The van der Waals surface area contributed by atoms with Gasteiger partial charge in [-0.2, -0.15) is 0 Å². The molecular weight excluding hydrogens is 183 g/mol. The lowest BCUT2D eigenvalue weighted by atomic mass is 10.4. The number of hydrogen-bond donors (Lipinski definition) is 1. The molecule has 0 N–H and O–H groups in total. The maximum absolute atomic E-state index is 12.8. The van der Waals surface area contributed by atoms with Crippen molar-refractivity contribution in [1.82, 2.24) is 4.98 Å². The van der Waals surface area contributed by atoms with Gasteiger partial charge < -0.3 is 0 Å². The number of aromatic nitrogens is 1. The van der Waals surface area contributed by atoms with Crippen LogP contribution in [0.3, 0.4) is 0 Å². The molecule has 0 aliphatic rings. The fraction of sp³-hybridized carbons (Fsp3) is 0.167. The average Bonchev–Trinajstić information content (AvgIpc) is 2.04. The highest BCUT2D eigenvalue weighted by Crippen LogP contribution is 2.11. The van der Waals surface area contributed by atoms with Gasteiger partial charge in [-0.05, 0) is 6.07 Å². The Kier molecular flexibility index (Phi) is 2.59. The van der Waals surface area contributed by atoms with Gasteiger partial charge in [-0.3, -0.25) is 4.31 Å². The third-order valence-corrected chi connectivity index (χ3v) is 1.91. The van der Waals surface area contributed by atoms with E-state index in [9.17, 15) is 12.8 Å². The van der Waals surface area contributed by atoms with Gasteiger partial charge in [-0.1, -0.05) is 0 Å². The molecule has 12 heavy (non-hydrogen) atoms. The normalized spacial score (nSPS) is 10.2. The molecule has 0 amide bonds. The van der Waals surface area contributed by atoms with E-state index in [1.165, 1.54) is 19.3 Å². The van der Waals surface area contributed by atoms with Crippen LogP contribution in [0.4, 0.5) is 10.2 Å². The van der Waals surface area contributed by atoms with Gasteiger partial charge in [0.25, 0.3) is 0 Å². The summed E-state index contributed by atoms with van der Waals surface area (Å²) < 4.78 is 34.3. The summed E-state index contributed by atoms with van der Waals surface area (Å²) in [6, 6.07) is 3.47. The van der Waals surface area contributed by atoms with Crippen LogP contribution in [0.2, 0.25) is 0 Å². The van der Waals surface area contributed by atoms with E-state index in [0.29, 0.717) is 0 Å². The molecule has 0 spiro atoms. The Bertz CT molecular complexity index is 345. The molecule has 65 valence electrons. The Balaban J connectivity index is 3.11. The maximum atomic E-state index is 12.8. The van der Waals surface area contributed by atoms with E-state index in [1.54, 1.807) is 0 Å². The number of anilines is 1. The number of halogens is 1. The summed E-state index contributed by atoms with van der Waals surface area (Å²) >= 11 is 0. The Morgan fingerprint density at radius 1 is 1.67 bits per heavy atom. The van der Waals surface area contributed by atoms with Gasteiger partial charge in [0.2, 0.25) is 10.9 Å². The zero-order valence-electron chi connectivity index (χ0n) is 6.19. The fourth-order valence-corrected chi connectivity index (χ4v) is 0.937. The highest BCUT2D eigenvalue weighted by Gasteiger charge is 2.08. The molecule has 0 aromatic carbocycles. The highest BCUT2D eigenvalue weighted by molar-refractivity contribution is 7.74. The summed E-state index contributed by atoms with van der Waals surface area (Å²) in [4.78, 5) is 3.54. The molecule has 0 fully saturated rings. The number of thiol groups is 1. The molecule has 1 radical (unpaired) electrons. The summed E-state index contributed by atoms with van der Waals surface area (Å²) in [6.07, 6.45) is 1.27. The number of pyridine rings is 1. The first-order valence-electron chi connectivity index (χ1n) is 3.03. The summed E-state index contributed by atoms with van der Waals surface area (Å²) in [5.41, 5.74) is 0. The Morgan fingerprint density at radius 2 is 2.33 bits per heavy atom. The molecule has 0 saturated heterocycles. The van der Waals surface area contributed by atoms with Crippen molar-refractivity contribution < 1.29 is 12.8 Å². The first kappa shape index (κ1) is 8.92. The Labute approximate surface area is 70.7 Å². The van der Waals surface area contributed by atoms with E-state index in [2.05, 4.69) is 11.1 Å². The zero-order chi connectivity index (χ0) is 9.14. The zero-order valence-corrected chi connectivity index (χ0v) is 7.09. The van der Waals surface area contributed by atoms with Crippen LogP contribution in [-0.2, 0) is 10.9 Å². The van der Waals surface area contributed by atoms with Crippen LogP contribution in [-0.4, -0.2) is 20.4 Å². The lowest BCUT2D eigenvalue weighted by molar-refractivity contribution is 0.602. The van der Waals surface area contributed by atoms with Crippen molar-refractivity contribution in [3.63, 3.8) is 0 Å². The first-order chi connectivity index (χ1) is 5.63. The van der Waals surface area contributed by atoms with Crippen molar-refractivity contribution >= 4 is 16.7 Å². The topological polar surface area (TPSA) is 50.3 Å². The summed E-state index contributed by atoms with van der Waals surface area (Å²) in [6.45, 7) is 0. The number of hydrogen-bond acceptors (Lipinski definition) is 3. The summed E-state index contributed by atoms with van der Waals surface area (Å²) in [5, 5.41) is 0. The molecule has 4 nitrogen and oxygen atoms in total. The first-order valence-corrected chi connectivity index (χ1v) is 4.16. The fourth-order valence-electron chi connectivity index (χ4n) is 0.642. The average molecular weight is 189 g/mol. The van der Waals surface area contributed by atoms with E-state index >= 15 is 0 Å². The molecular formula is C6H6FN2O2S. The molecule has 0 atom stereocenters. The van der Waals surface area contributed by atoms with Crippen molar-refractivity contribution in [3.8, 4) is 0 Å². The lowest BCUT2D eigenvalue weighted by Gasteiger charge is -2.08. The molecule has 0 unspecified atom stereocenters. The van der Waals surface area contributed by atoms with Crippen molar-refractivity contribution in [2.24, 2.45) is 0 Å². The van der Waals surface area contributed by atoms with Gasteiger partial charge in [0.05, 0.1) is 0 Å². The lowest BCUT2D eigenvalue weighted by Crippen LogP contribution is -2.16. The van der Waals surface area contributed by atoms with Crippen LogP contribution in [0.25, 0.3) is 0 Å². The van der Waals surface area contributed by atoms with Crippen molar-refractivity contribution in [2.75, 3.05) is 11.4 Å². The van der Waals surface area contributed by atoms with Gasteiger partial charge in [0, 0.05) is 19.3 Å². The Hall–Kier alpha value is -1.17. The minimum Gasteiger partial charge on any atom is -0.257 e. The monoisotopic (exact) mass is 189 g/mol. The van der Waals surface area contributed by atoms with Crippen LogP contribution in [0.1, 0.15) is 0 Å². The standard InChI is InChI=1S/C6H6FN2O2S/c1-9(12(10)11)6-5(7)3-2-4-8-6/h2,4,12H,1H3. The molecule has 0 bridgehead atoms. The van der Waals surface area contributed by atoms with E-state index in [-0.39, 0.29) is 5.82 Å². The molecule has 1 aromatic rings. The van der Waals surface area contributed by atoms with Gasteiger partial charge in [0.1, 0.15) is 0 Å². The molecule has 1 rings (SSSR count). The van der Waals surface area contributed by atoms with Gasteiger partial charge in [0.15, 0.2) is 11.6 Å². The SMILES string of the molecule is CN(c1ncc[c]c1F)[SH](=O)=O. The second kappa shape index (κ2) is 3.48. The molecule has 1 heterocycles. The van der Waals surface area contributed by atoms with Crippen LogP contribution >= 0.6 is 0 Å². The quantitative estimate of drug-likeness (QED) is 0.665. The summed E-state index contributed by atoms with van der Waals surface area (Å²) in [5.74, 6) is -1.02. The Morgan fingerprint density at radius 3 is 2.83 bits per heavy atom. The van der Waals surface area contributed by atoms with E-state index < -0.39 is 16.7 Å². The highest BCUT2D eigenvalue weighted by atomic mass is 32.2. The maximum Gasteiger partial charge on any atom is 0.226 e. The van der Waals surface area contributed by atoms with Gasteiger partial charge in [-0.25, -0.2) is 17.8 Å². The number of nitrogens with zero attached hydrogens (tertiary/aromatic N) is 2. The van der Waals surface area contributed by atoms with E-state index in [0.717, 1.165) is 4.31 Å². The van der Waals surface area contributed by atoms with Crippen molar-refractivity contribution in [1.29, 1.82) is 0 Å². The predicted octanol–water partition coefficient (Wildman–Crippen LogP) is -0.0165. The third kappa shape index (κ3) is 1.70. The van der Waals surface area contributed by atoms with Gasteiger partial charge >= 0.3 is 0 Å². The molecule has 0 aliphatic heterocycles. The second-order valence-electron chi connectivity index (χ2n) is 1.99. The van der Waals surface area contributed by atoms with E-state index in [4.69, 9.17) is 0 Å². The molecule has 1 aromatic heterocycles. The van der Waals surface area contributed by atoms with Gasteiger partial charge in [-0.15, -0.1) is 0 Å².